The molecular formula is C17H17BrN2. The van der Waals surface area contributed by atoms with Crippen molar-refractivity contribution in [3.05, 3.63) is 58.1 Å². The van der Waals surface area contributed by atoms with Crippen LogP contribution < -0.4 is 10.2 Å². The summed E-state index contributed by atoms with van der Waals surface area (Å²) >= 11 is 3.52. The minimum atomic E-state index is 0.682. The zero-order chi connectivity index (χ0) is 13.5. The number of nitrogens with zero attached hydrogens (tertiary/aromatic N) is 1. The van der Waals surface area contributed by atoms with Gasteiger partial charge in [-0.15, -0.1) is 0 Å². The zero-order valence-corrected chi connectivity index (χ0v) is 12.9. The number of benzene rings is 2. The van der Waals surface area contributed by atoms with E-state index in [1.807, 2.05) is 0 Å². The molecular weight excluding hydrogens is 312 g/mol. The molecule has 0 spiro atoms. The first-order chi connectivity index (χ1) is 9.83. The van der Waals surface area contributed by atoms with Crippen LogP contribution in [0.25, 0.3) is 0 Å². The molecule has 0 saturated heterocycles. The highest BCUT2D eigenvalue weighted by molar-refractivity contribution is 9.10. The molecule has 0 aromatic heterocycles. The Kier molecular flexibility index (Phi) is 3.04. The largest absolute Gasteiger partial charge is 0.341 e. The van der Waals surface area contributed by atoms with Crippen LogP contribution in [0, 0.1) is 0 Å². The topological polar surface area (TPSA) is 15.3 Å². The van der Waals surface area contributed by atoms with Gasteiger partial charge in [-0.05, 0) is 47.9 Å². The summed E-state index contributed by atoms with van der Waals surface area (Å²) in [5.41, 5.74) is 5.74. The molecule has 2 aromatic rings. The van der Waals surface area contributed by atoms with Crippen molar-refractivity contribution in [2.45, 2.75) is 18.9 Å². The van der Waals surface area contributed by atoms with E-state index < -0.39 is 0 Å². The molecule has 20 heavy (non-hydrogen) atoms. The molecule has 0 radical (unpaired) electrons. The normalized spacial score (nSPS) is 20.6. The van der Waals surface area contributed by atoms with Crippen molar-refractivity contribution >= 4 is 27.3 Å². The number of hydrogen-bond acceptors (Lipinski definition) is 2. The molecule has 2 aliphatic rings. The maximum absolute atomic E-state index is 3.54. The standard InChI is InChI=1S/C17H17BrN2/c18-14-4-6-15(7-5-14)20-9-8-13-11-19-10-12-2-1-3-16(20)17(12)13/h1-7,13,19H,8-11H2. The molecule has 4 rings (SSSR count). The molecule has 3 heteroatoms. The van der Waals surface area contributed by atoms with Crippen molar-refractivity contribution in [2.24, 2.45) is 0 Å². The van der Waals surface area contributed by atoms with E-state index in [4.69, 9.17) is 0 Å². The van der Waals surface area contributed by atoms with Crippen LogP contribution in [0.2, 0.25) is 0 Å². The van der Waals surface area contributed by atoms with Crippen LogP contribution in [0.1, 0.15) is 23.5 Å². The lowest BCUT2D eigenvalue weighted by atomic mass is 9.83. The van der Waals surface area contributed by atoms with E-state index in [0.29, 0.717) is 5.92 Å². The Morgan fingerprint density at radius 3 is 2.80 bits per heavy atom. The number of rotatable bonds is 1. The van der Waals surface area contributed by atoms with Crippen LogP contribution in [0.4, 0.5) is 11.4 Å². The molecule has 0 amide bonds. The van der Waals surface area contributed by atoms with Gasteiger partial charge in [-0.3, -0.25) is 0 Å². The summed E-state index contributed by atoms with van der Waals surface area (Å²) in [5.74, 6) is 0.682. The van der Waals surface area contributed by atoms with Crippen LogP contribution in [-0.2, 0) is 6.54 Å². The van der Waals surface area contributed by atoms with Crippen LogP contribution >= 0.6 is 15.9 Å². The smallest absolute Gasteiger partial charge is 0.0449 e. The SMILES string of the molecule is Brc1ccc(N2CCC3CNCc4cccc2c43)cc1. The summed E-state index contributed by atoms with van der Waals surface area (Å²) < 4.78 is 1.13. The minimum Gasteiger partial charge on any atom is -0.341 e. The average Bonchev–Trinajstić information content (AvgIpc) is 2.49. The van der Waals surface area contributed by atoms with Crippen molar-refractivity contribution in [3.63, 3.8) is 0 Å². The molecule has 102 valence electrons. The second-order valence-corrected chi connectivity index (χ2v) is 6.51. The molecule has 0 bridgehead atoms. The Bertz CT molecular complexity index is 636. The lowest BCUT2D eigenvalue weighted by Crippen LogP contribution is -2.36. The Morgan fingerprint density at radius 2 is 1.95 bits per heavy atom. The van der Waals surface area contributed by atoms with Crippen molar-refractivity contribution in [1.82, 2.24) is 5.32 Å². The van der Waals surface area contributed by atoms with E-state index in [0.717, 1.165) is 24.1 Å². The summed E-state index contributed by atoms with van der Waals surface area (Å²) in [7, 11) is 0. The number of halogens is 1. The van der Waals surface area contributed by atoms with E-state index >= 15 is 0 Å². The van der Waals surface area contributed by atoms with Gasteiger partial charge in [0.2, 0.25) is 0 Å². The van der Waals surface area contributed by atoms with E-state index in [9.17, 15) is 0 Å². The maximum atomic E-state index is 3.54. The summed E-state index contributed by atoms with van der Waals surface area (Å²) in [6.45, 7) is 3.23. The van der Waals surface area contributed by atoms with Gasteiger partial charge in [0.05, 0.1) is 0 Å². The molecule has 0 saturated carbocycles. The summed E-state index contributed by atoms with van der Waals surface area (Å²) in [4.78, 5) is 2.47. The predicted octanol–water partition coefficient (Wildman–Crippen LogP) is 4.18. The molecule has 0 aliphatic carbocycles. The highest BCUT2D eigenvalue weighted by Gasteiger charge is 2.30. The summed E-state index contributed by atoms with van der Waals surface area (Å²) in [5, 5.41) is 3.54. The maximum Gasteiger partial charge on any atom is 0.0449 e. The van der Waals surface area contributed by atoms with Gasteiger partial charge in [0.15, 0.2) is 0 Å². The third kappa shape index (κ3) is 1.97. The number of hydrogen-bond donors (Lipinski definition) is 1. The second kappa shape index (κ2) is 4.90. The molecule has 2 nitrogen and oxygen atoms in total. The molecule has 0 fully saturated rings. The molecule has 1 atom stereocenters. The Morgan fingerprint density at radius 1 is 1.10 bits per heavy atom. The minimum absolute atomic E-state index is 0.682. The van der Waals surface area contributed by atoms with E-state index in [-0.39, 0.29) is 0 Å². The lowest BCUT2D eigenvalue weighted by Gasteiger charge is -2.39. The fourth-order valence-electron chi connectivity index (χ4n) is 3.48. The van der Waals surface area contributed by atoms with E-state index in [1.54, 1.807) is 5.56 Å². The Hall–Kier alpha value is -1.32. The van der Waals surface area contributed by atoms with E-state index in [1.165, 1.54) is 23.4 Å². The van der Waals surface area contributed by atoms with Gasteiger partial charge in [-0.2, -0.15) is 0 Å². The molecule has 1 unspecified atom stereocenters. The molecule has 2 aliphatic heterocycles. The third-order valence-corrected chi connectivity index (χ3v) is 4.95. The van der Waals surface area contributed by atoms with Gasteiger partial charge in [0.1, 0.15) is 0 Å². The first-order valence-electron chi connectivity index (χ1n) is 7.18. The summed E-state index contributed by atoms with van der Waals surface area (Å²) in [6, 6.07) is 15.4. The van der Waals surface area contributed by atoms with Crippen molar-refractivity contribution in [1.29, 1.82) is 0 Å². The first kappa shape index (κ1) is 12.4. The predicted molar refractivity (Wildman–Crippen MR) is 86.7 cm³/mol. The fourth-order valence-corrected chi connectivity index (χ4v) is 3.75. The number of anilines is 2. The fraction of sp³-hybridized carbons (Fsp3) is 0.294. The average molecular weight is 329 g/mol. The van der Waals surface area contributed by atoms with Crippen molar-refractivity contribution in [3.8, 4) is 0 Å². The van der Waals surface area contributed by atoms with Crippen molar-refractivity contribution in [2.75, 3.05) is 18.0 Å². The van der Waals surface area contributed by atoms with Gasteiger partial charge in [-0.1, -0.05) is 28.1 Å². The highest BCUT2D eigenvalue weighted by atomic mass is 79.9. The Balaban J connectivity index is 1.82. The van der Waals surface area contributed by atoms with Crippen molar-refractivity contribution < 1.29 is 0 Å². The van der Waals surface area contributed by atoms with Gasteiger partial charge < -0.3 is 10.2 Å². The van der Waals surface area contributed by atoms with Crippen LogP contribution in [0.5, 0.6) is 0 Å². The highest BCUT2D eigenvalue weighted by Crippen LogP contribution is 2.42. The quantitative estimate of drug-likeness (QED) is 0.844. The van der Waals surface area contributed by atoms with Crippen LogP contribution in [0.3, 0.4) is 0 Å². The molecule has 1 N–H and O–H groups in total. The summed E-state index contributed by atoms with van der Waals surface area (Å²) in [6.07, 6.45) is 1.23. The van der Waals surface area contributed by atoms with Gasteiger partial charge in [-0.25, -0.2) is 0 Å². The number of nitrogens with one attached hydrogen (secondary N) is 1. The molecule has 2 aromatic carbocycles. The van der Waals surface area contributed by atoms with Gasteiger partial charge >= 0.3 is 0 Å². The second-order valence-electron chi connectivity index (χ2n) is 5.59. The monoisotopic (exact) mass is 328 g/mol. The van der Waals surface area contributed by atoms with Gasteiger partial charge in [0.25, 0.3) is 0 Å². The van der Waals surface area contributed by atoms with Crippen LogP contribution in [0.15, 0.2) is 46.9 Å². The van der Waals surface area contributed by atoms with E-state index in [2.05, 4.69) is 68.6 Å². The third-order valence-electron chi connectivity index (χ3n) is 4.42. The first-order valence-corrected chi connectivity index (χ1v) is 7.98. The molecule has 2 heterocycles. The van der Waals surface area contributed by atoms with Gasteiger partial charge in [0, 0.05) is 41.4 Å². The Labute approximate surface area is 127 Å². The van der Waals surface area contributed by atoms with Crippen LogP contribution in [-0.4, -0.2) is 13.1 Å². The zero-order valence-electron chi connectivity index (χ0n) is 11.3. The lowest BCUT2D eigenvalue weighted by molar-refractivity contribution is 0.502.